The highest BCUT2D eigenvalue weighted by molar-refractivity contribution is 6.28. The highest BCUT2D eigenvalue weighted by Crippen LogP contribution is 2.60. The number of rotatable bonds is 4. The summed E-state index contributed by atoms with van der Waals surface area (Å²) in [7, 11) is 0. The van der Waals surface area contributed by atoms with Crippen LogP contribution in [0.1, 0.15) is 61.0 Å². The van der Waals surface area contributed by atoms with Crippen LogP contribution in [0.5, 0.6) is 0 Å². The Morgan fingerprint density at radius 3 is 2.08 bits per heavy atom. The van der Waals surface area contributed by atoms with Crippen LogP contribution in [0, 0.1) is 31.6 Å². The maximum atomic E-state index is 13.1. The number of carbonyl (C=O) groups excluding carboxylic acids is 2. The van der Waals surface area contributed by atoms with Gasteiger partial charge in [-0.05, 0) is 123 Å². The monoisotopic (exact) mass is 491 g/mol. The Labute approximate surface area is 218 Å². The quantitative estimate of drug-likeness (QED) is 0.328. The van der Waals surface area contributed by atoms with Crippen LogP contribution in [0.4, 0.5) is 10.5 Å². The fraction of sp³-hybridized carbons (Fsp3) is 0.375. The molecule has 5 heteroatoms. The molecule has 0 atom stereocenters. The molecule has 8 rings (SSSR count). The number of benzene rings is 2. The lowest BCUT2D eigenvalue weighted by Crippen LogP contribution is -2.48. The first-order valence-electron chi connectivity index (χ1n) is 13.6. The lowest BCUT2D eigenvalue weighted by molar-refractivity contribution is -0.113. The largest absolute Gasteiger partial charge is 0.333 e. The second kappa shape index (κ2) is 8.20. The summed E-state index contributed by atoms with van der Waals surface area (Å²) in [5, 5.41) is 2.76. The predicted octanol–water partition coefficient (Wildman–Crippen LogP) is 6.66. The second-order valence-electron chi connectivity index (χ2n) is 11.9. The number of nitrogens with zero attached hydrogens (tertiary/aromatic N) is 2. The van der Waals surface area contributed by atoms with Crippen LogP contribution in [0.3, 0.4) is 0 Å². The summed E-state index contributed by atoms with van der Waals surface area (Å²) in [6.45, 7) is 4.16. The average Bonchev–Trinajstić information content (AvgIpc) is 3.32. The van der Waals surface area contributed by atoms with E-state index in [1.54, 1.807) is 18.2 Å². The number of aryl methyl sites for hydroxylation is 1. The number of urea groups is 1. The molecular formula is C32H33N3O2. The molecule has 1 aliphatic heterocycles. The number of para-hydroxylation sites is 1. The Morgan fingerprint density at radius 1 is 0.838 bits per heavy atom. The highest BCUT2D eigenvalue weighted by atomic mass is 16.2. The van der Waals surface area contributed by atoms with Gasteiger partial charge in [0.2, 0.25) is 0 Å². The molecule has 2 aromatic carbocycles. The van der Waals surface area contributed by atoms with Crippen molar-refractivity contribution in [2.24, 2.45) is 17.8 Å². The fourth-order valence-electron chi connectivity index (χ4n) is 8.26. The molecular weight excluding hydrogens is 458 g/mol. The molecule has 4 saturated carbocycles. The summed E-state index contributed by atoms with van der Waals surface area (Å²) in [6, 6.07) is 20.0. The van der Waals surface area contributed by atoms with Gasteiger partial charge in [-0.15, -0.1) is 0 Å². The Bertz CT molecular complexity index is 1400. The third kappa shape index (κ3) is 3.58. The van der Waals surface area contributed by atoms with Crippen molar-refractivity contribution < 1.29 is 9.59 Å². The molecule has 1 N–H and O–H groups in total. The summed E-state index contributed by atoms with van der Waals surface area (Å²) in [6.07, 6.45) is 10.3. The van der Waals surface area contributed by atoms with Crippen LogP contribution in [0.2, 0.25) is 0 Å². The minimum atomic E-state index is -0.420. The normalized spacial score (nSPS) is 29.4. The van der Waals surface area contributed by atoms with Gasteiger partial charge >= 0.3 is 6.03 Å². The summed E-state index contributed by atoms with van der Waals surface area (Å²) < 4.78 is 2.24. The molecule has 0 radical (unpaired) electrons. The number of aromatic nitrogens is 1. The number of hydrogen-bond donors (Lipinski definition) is 1. The third-order valence-electron chi connectivity index (χ3n) is 9.44. The second-order valence-corrected chi connectivity index (χ2v) is 11.9. The van der Waals surface area contributed by atoms with Crippen LogP contribution in [-0.2, 0) is 10.2 Å². The molecule has 3 amide bonds. The predicted molar refractivity (Wildman–Crippen MR) is 146 cm³/mol. The summed E-state index contributed by atoms with van der Waals surface area (Å²) in [5.74, 6) is 2.48. The Kier molecular flexibility index (Phi) is 5.01. The number of amides is 3. The van der Waals surface area contributed by atoms with Crippen LogP contribution in [0.25, 0.3) is 11.8 Å². The van der Waals surface area contributed by atoms with Gasteiger partial charge in [0.25, 0.3) is 5.91 Å². The third-order valence-corrected chi connectivity index (χ3v) is 9.44. The molecule has 5 fully saturated rings. The van der Waals surface area contributed by atoms with Gasteiger partial charge in [-0.2, -0.15) is 0 Å². The van der Waals surface area contributed by atoms with E-state index >= 15 is 0 Å². The number of imide groups is 1. The van der Waals surface area contributed by atoms with Crippen molar-refractivity contribution in [3.8, 4) is 5.69 Å². The Morgan fingerprint density at radius 2 is 1.46 bits per heavy atom. The van der Waals surface area contributed by atoms with E-state index in [1.165, 1.54) is 49.0 Å². The van der Waals surface area contributed by atoms with Crippen LogP contribution in [-0.4, -0.2) is 16.5 Å². The molecule has 188 valence electrons. The molecule has 5 nitrogen and oxygen atoms in total. The van der Waals surface area contributed by atoms with Gasteiger partial charge < -0.3 is 9.88 Å². The van der Waals surface area contributed by atoms with Gasteiger partial charge in [0.05, 0.1) is 5.69 Å². The first-order chi connectivity index (χ1) is 17.9. The zero-order valence-electron chi connectivity index (χ0n) is 21.5. The minimum absolute atomic E-state index is 0.297. The first kappa shape index (κ1) is 22.6. The van der Waals surface area contributed by atoms with Crippen molar-refractivity contribution in [2.75, 3.05) is 4.90 Å². The lowest BCUT2D eigenvalue weighted by atomic mass is 9.48. The van der Waals surface area contributed by atoms with Gasteiger partial charge in [0, 0.05) is 17.1 Å². The lowest BCUT2D eigenvalue weighted by Gasteiger charge is -2.57. The van der Waals surface area contributed by atoms with Gasteiger partial charge in [0.1, 0.15) is 5.70 Å². The van der Waals surface area contributed by atoms with E-state index < -0.39 is 6.03 Å². The van der Waals surface area contributed by atoms with E-state index in [4.69, 9.17) is 0 Å². The molecule has 1 aromatic heterocycles. The van der Waals surface area contributed by atoms with Crippen molar-refractivity contribution in [3.63, 3.8) is 0 Å². The molecule has 4 bridgehead atoms. The van der Waals surface area contributed by atoms with E-state index in [-0.39, 0.29) is 5.91 Å². The van der Waals surface area contributed by atoms with Gasteiger partial charge in [-0.25, -0.2) is 9.69 Å². The standard InChI is InChI=1S/C32H33N3O2/c1-20-12-25(16-29-30(36)35(31(37)33-29)27-6-4-3-5-7-27)21(2)34(20)28-10-8-26(9-11-28)32-17-22-13-23(18-32)15-24(14-22)19-32/h3-12,16,22-24H,13-15,17-19H2,1-2H3,(H,33,37)/b29-16-. The average molecular weight is 492 g/mol. The van der Waals surface area contributed by atoms with Crippen molar-refractivity contribution in [1.82, 2.24) is 9.88 Å². The van der Waals surface area contributed by atoms with Gasteiger partial charge in [-0.3, -0.25) is 4.79 Å². The highest BCUT2D eigenvalue weighted by Gasteiger charge is 2.51. The van der Waals surface area contributed by atoms with Crippen molar-refractivity contribution in [1.29, 1.82) is 0 Å². The topological polar surface area (TPSA) is 54.3 Å². The molecule has 4 aliphatic carbocycles. The minimum Gasteiger partial charge on any atom is -0.318 e. The number of hydrogen-bond acceptors (Lipinski definition) is 2. The zero-order chi connectivity index (χ0) is 25.3. The van der Waals surface area contributed by atoms with Crippen molar-refractivity contribution >= 4 is 23.7 Å². The first-order valence-corrected chi connectivity index (χ1v) is 13.6. The fourth-order valence-corrected chi connectivity index (χ4v) is 8.26. The van der Waals surface area contributed by atoms with E-state index in [9.17, 15) is 9.59 Å². The molecule has 0 spiro atoms. The summed E-state index contributed by atoms with van der Waals surface area (Å²) in [4.78, 5) is 26.8. The maximum Gasteiger partial charge on any atom is 0.333 e. The molecule has 5 aliphatic rings. The van der Waals surface area contributed by atoms with Gasteiger partial charge in [-0.1, -0.05) is 30.3 Å². The molecule has 3 aromatic rings. The summed E-state index contributed by atoms with van der Waals surface area (Å²) >= 11 is 0. The van der Waals surface area contributed by atoms with E-state index in [0.29, 0.717) is 16.8 Å². The SMILES string of the molecule is Cc1cc(/C=C2\NC(=O)N(c3ccccc3)C2=O)c(C)n1-c1ccc(C23CC4CC(CC(C4)C2)C3)cc1. The Hall–Kier alpha value is -3.60. The van der Waals surface area contributed by atoms with E-state index in [2.05, 4.69) is 54.1 Å². The van der Waals surface area contributed by atoms with Gasteiger partial charge in [0.15, 0.2) is 0 Å². The molecule has 37 heavy (non-hydrogen) atoms. The Balaban J connectivity index is 1.17. The van der Waals surface area contributed by atoms with Crippen molar-refractivity contribution in [2.45, 2.75) is 57.8 Å². The number of carbonyl (C=O) groups is 2. The number of nitrogens with one attached hydrogen (secondary N) is 1. The molecule has 2 heterocycles. The van der Waals surface area contributed by atoms with E-state index in [0.717, 1.165) is 40.4 Å². The summed E-state index contributed by atoms with van der Waals surface area (Å²) in [5.41, 5.74) is 7.01. The molecule has 0 unspecified atom stereocenters. The van der Waals surface area contributed by atoms with Crippen molar-refractivity contribution in [3.05, 3.63) is 88.9 Å². The maximum absolute atomic E-state index is 13.1. The van der Waals surface area contributed by atoms with Crippen LogP contribution >= 0.6 is 0 Å². The molecule has 1 saturated heterocycles. The smallest absolute Gasteiger partial charge is 0.318 e. The zero-order valence-corrected chi connectivity index (χ0v) is 21.5. The van der Waals surface area contributed by atoms with Crippen LogP contribution in [0.15, 0.2) is 66.4 Å². The van der Waals surface area contributed by atoms with Crippen LogP contribution < -0.4 is 10.2 Å². The number of anilines is 1. The van der Waals surface area contributed by atoms with E-state index in [1.807, 2.05) is 18.2 Å².